The van der Waals surface area contributed by atoms with Crippen molar-refractivity contribution in [2.45, 2.75) is 77.7 Å². The van der Waals surface area contributed by atoms with E-state index in [9.17, 15) is 4.79 Å². The van der Waals surface area contributed by atoms with Gasteiger partial charge in [-0.25, -0.2) is 0 Å². The Labute approximate surface area is 201 Å². The molecule has 1 aliphatic carbocycles. The van der Waals surface area contributed by atoms with Crippen LogP contribution in [0.2, 0.25) is 0 Å². The molecule has 2 aliphatic heterocycles. The first-order chi connectivity index (χ1) is 15.9. The van der Waals surface area contributed by atoms with E-state index in [1.54, 1.807) is 5.56 Å². The van der Waals surface area contributed by atoms with Crippen molar-refractivity contribution in [3.8, 4) is 0 Å². The van der Waals surface area contributed by atoms with E-state index in [0.29, 0.717) is 36.2 Å². The van der Waals surface area contributed by atoms with Gasteiger partial charge in [0.05, 0.1) is 12.6 Å². The number of ether oxygens (including phenoxy) is 1. The molecule has 0 amide bonds. The summed E-state index contributed by atoms with van der Waals surface area (Å²) >= 11 is 0. The number of hydrogen-bond donors (Lipinski definition) is 0. The van der Waals surface area contributed by atoms with Crippen molar-refractivity contribution >= 4 is 17.2 Å². The molecule has 0 radical (unpaired) electrons. The average molecular weight is 456 g/mol. The van der Waals surface area contributed by atoms with Crippen LogP contribution in [0.5, 0.6) is 0 Å². The van der Waals surface area contributed by atoms with Gasteiger partial charge in [0.15, 0.2) is 0 Å². The third kappa shape index (κ3) is 6.10. The molecule has 1 saturated carbocycles. The molecule has 4 rings (SSSR count). The summed E-state index contributed by atoms with van der Waals surface area (Å²) in [6.07, 6.45) is 8.50. The first kappa shape index (κ1) is 24.5. The number of piperazine rings is 1. The maximum Gasteiger partial charge on any atom is 0.146 e. The lowest BCUT2D eigenvalue weighted by molar-refractivity contribution is -0.119. The molecule has 0 atom stereocenters. The molecule has 2 heterocycles. The second kappa shape index (κ2) is 10.8. The van der Waals surface area contributed by atoms with E-state index in [2.05, 4.69) is 46.7 Å². The van der Waals surface area contributed by atoms with Crippen LogP contribution in [0.15, 0.2) is 18.2 Å². The molecule has 0 spiro atoms. The first-order valence-corrected chi connectivity index (χ1v) is 13.3. The molecule has 5 nitrogen and oxygen atoms in total. The van der Waals surface area contributed by atoms with E-state index < -0.39 is 0 Å². The maximum atomic E-state index is 11.9. The minimum Gasteiger partial charge on any atom is -0.381 e. The lowest BCUT2D eigenvalue weighted by Crippen LogP contribution is -2.48. The molecule has 5 heteroatoms. The third-order valence-corrected chi connectivity index (χ3v) is 8.44. The van der Waals surface area contributed by atoms with E-state index in [-0.39, 0.29) is 0 Å². The van der Waals surface area contributed by atoms with Crippen molar-refractivity contribution < 1.29 is 9.53 Å². The van der Waals surface area contributed by atoms with Crippen LogP contribution in [0, 0.1) is 5.41 Å². The summed E-state index contributed by atoms with van der Waals surface area (Å²) < 4.78 is 5.59. The smallest absolute Gasteiger partial charge is 0.146 e. The van der Waals surface area contributed by atoms with Gasteiger partial charge in [-0.1, -0.05) is 20.8 Å². The van der Waals surface area contributed by atoms with Gasteiger partial charge in [-0.3, -0.25) is 9.69 Å². The number of nitrogens with zero attached hydrogens (tertiary/aromatic N) is 3. The fraction of sp³-hybridized carbons (Fsp3) is 0.750. The third-order valence-electron chi connectivity index (χ3n) is 8.44. The summed E-state index contributed by atoms with van der Waals surface area (Å²) in [6.45, 7) is 13.6. The van der Waals surface area contributed by atoms with Gasteiger partial charge in [-0.15, -0.1) is 0 Å². The highest BCUT2D eigenvalue weighted by Crippen LogP contribution is 2.46. The molecule has 184 valence electrons. The Bertz CT molecular complexity index is 782. The molecular weight excluding hydrogens is 410 g/mol. The number of hydrogen-bond acceptors (Lipinski definition) is 5. The van der Waals surface area contributed by atoms with Crippen molar-refractivity contribution in [2.24, 2.45) is 5.41 Å². The number of Topliss-reactive ketones (excluding diaryl/α,β-unsaturated/α-hetero) is 1. The molecule has 3 aliphatic rings. The number of methoxy groups -OCH3 is 1. The molecule has 1 aromatic carbocycles. The Kier molecular flexibility index (Phi) is 8.01. The predicted octanol–water partition coefficient (Wildman–Crippen LogP) is 5.09. The number of carbonyl (C=O) groups is 1. The summed E-state index contributed by atoms with van der Waals surface area (Å²) in [6, 6.07) is 7.28. The monoisotopic (exact) mass is 455 g/mol. The topological polar surface area (TPSA) is 36.0 Å². The Morgan fingerprint density at radius 3 is 2.24 bits per heavy atom. The van der Waals surface area contributed by atoms with E-state index >= 15 is 0 Å². The number of rotatable bonds is 7. The Hall–Kier alpha value is -1.59. The second-order valence-corrected chi connectivity index (χ2v) is 11.3. The zero-order valence-corrected chi connectivity index (χ0v) is 21.4. The summed E-state index contributed by atoms with van der Waals surface area (Å²) in [5, 5.41) is 0. The number of piperidine rings is 1. The van der Waals surface area contributed by atoms with E-state index in [1.807, 2.05) is 14.0 Å². The fourth-order valence-electron chi connectivity index (χ4n) is 5.92. The summed E-state index contributed by atoms with van der Waals surface area (Å²) in [5.41, 5.74) is 4.88. The molecule has 33 heavy (non-hydrogen) atoms. The summed E-state index contributed by atoms with van der Waals surface area (Å²) in [7, 11) is 1.84. The van der Waals surface area contributed by atoms with E-state index in [0.717, 1.165) is 52.1 Å². The molecule has 0 N–H and O–H groups in total. The summed E-state index contributed by atoms with van der Waals surface area (Å²) in [5.74, 6) is 1.01. The van der Waals surface area contributed by atoms with Crippen LogP contribution in [0.25, 0.3) is 0 Å². The largest absolute Gasteiger partial charge is 0.381 e. The van der Waals surface area contributed by atoms with Crippen molar-refractivity contribution in [1.29, 1.82) is 0 Å². The van der Waals surface area contributed by atoms with E-state index in [1.165, 1.54) is 37.1 Å². The van der Waals surface area contributed by atoms with Crippen molar-refractivity contribution in [3.63, 3.8) is 0 Å². The molecule has 0 unspecified atom stereocenters. The number of anilines is 2. The minimum atomic E-state index is 0.357. The van der Waals surface area contributed by atoms with Crippen LogP contribution in [0.4, 0.5) is 11.4 Å². The minimum absolute atomic E-state index is 0.357. The lowest BCUT2D eigenvalue weighted by atomic mass is 9.71. The zero-order valence-electron chi connectivity index (χ0n) is 21.4. The predicted molar refractivity (Wildman–Crippen MR) is 138 cm³/mol. The van der Waals surface area contributed by atoms with Gasteiger partial charge in [0.2, 0.25) is 0 Å². The van der Waals surface area contributed by atoms with Crippen LogP contribution in [-0.2, 0) is 9.53 Å². The normalized spacial score (nSPS) is 23.2. The molecular formula is C28H45N3O2. The fourth-order valence-corrected chi connectivity index (χ4v) is 5.92. The molecule has 3 fully saturated rings. The van der Waals surface area contributed by atoms with E-state index in [4.69, 9.17) is 4.74 Å². The van der Waals surface area contributed by atoms with Gasteiger partial charge in [-0.2, -0.15) is 0 Å². The van der Waals surface area contributed by atoms with Crippen LogP contribution in [0.3, 0.4) is 0 Å². The van der Waals surface area contributed by atoms with Crippen molar-refractivity contribution in [1.82, 2.24) is 4.90 Å². The van der Waals surface area contributed by atoms with Crippen LogP contribution in [0.1, 0.15) is 77.2 Å². The van der Waals surface area contributed by atoms with Gasteiger partial charge in [0.25, 0.3) is 0 Å². The zero-order chi connectivity index (χ0) is 23.4. The molecule has 0 bridgehead atoms. The van der Waals surface area contributed by atoms with Gasteiger partial charge in [0, 0.05) is 64.2 Å². The van der Waals surface area contributed by atoms with Crippen LogP contribution < -0.4 is 9.80 Å². The summed E-state index contributed by atoms with van der Waals surface area (Å²) in [4.78, 5) is 19.4. The Morgan fingerprint density at radius 1 is 0.970 bits per heavy atom. The molecule has 2 saturated heterocycles. The average Bonchev–Trinajstić information content (AvgIpc) is 2.84. The quantitative estimate of drug-likeness (QED) is 0.573. The van der Waals surface area contributed by atoms with Crippen molar-refractivity contribution in [3.05, 3.63) is 23.8 Å². The van der Waals surface area contributed by atoms with Crippen LogP contribution in [-0.4, -0.2) is 69.7 Å². The van der Waals surface area contributed by atoms with Gasteiger partial charge in [0.1, 0.15) is 5.78 Å². The van der Waals surface area contributed by atoms with Crippen LogP contribution >= 0.6 is 0 Å². The van der Waals surface area contributed by atoms with Gasteiger partial charge >= 0.3 is 0 Å². The highest BCUT2D eigenvalue weighted by atomic mass is 16.5. The standard InChI is InChI=1S/C28H45N3O2/c1-5-24(32)21-29-16-18-31(19-17-29)27-7-6-23(30-14-10-25(33-4)11-15-30)20-26(27)22-8-12-28(2,3)13-9-22/h6-7,20,22,25H,5,8-19,21H2,1-4H3. The second-order valence-electron chi connectivity index (χ2n) is 11.3. The first-order valence-electron chi connectivity index (χ1n) is 13.3. The van der Waals surface area contributed by atoms with Gasteiger partial charge < -0.3 is 14.5 Å². The van der Waals surface area contributed by atoms with Gasteiger partial charge in [-0.05, 0) is 73.6 Å². The Morgan fingerprint density at radius 2 is 1.64 bits per heavy atom. The lowest BCUT2D eigenvalue weighted by Gasteiger charge is -2.40. The van der Waals surface area contributed by atoms with Crippen molar-refractivity contribution in [2.75, 3.05) is 62.7 Å². The number of benzene rings is 1. The molecule has 1 aromatic rings. The highest BCUT2D eigenvalue weighted by Gasteiger charge is 2.31. The SMILES string of the molecule is CCC(=O)CN1CCN(c2ccc(N3CCC(OC)CC3)cc2C2CCC(C)(C)CC2)CC1. The Balaban J connectivity index is 1.51. The molecule has 0 aromatic heterocycles. The maximum absolute atomic E-state index is 11.9. The highest BCUT2D eigenvalue weighted by molar-refractivity contribution is 5.80. The number of carbonyl (C=O) groups excluding carboxylic acids is 1. The number of ketones is 1.